The van der Waals surface area contributed by atoms with E-state index in [0.717, 1.165) is 11.1 Å². The van der Waals surface area contributed by atoms with Crippen LogP contribution in [0, 0.1) is 5.82 Å². The van der Waals surface area contributed by atoms with E-state index in [1.165, 1.54) is 16.8 Å². The maximum Gasteiger partial charge on any atom is 0.270 e. The predicted octanol–water partition coefficient (Wildman–Crippen LogP) is 3.77. The number of nitrogens with zero attached hydrogens (tertiary/aromatic N) is 2. The number of benzene rings is 3. The van der Waals surface area contributed by atoms with Crippen LogP contribution in [0.2, 0.25) is 0 Å². The Balaban J connectivity index is 1.92. The Hall–Kier alpha value is -3.67. The summed E-state index contributed by atoms with van der Waals surface area (Å²) in [5.41, 5.74) is 10.1. The third-order valence-corrected chi connectivity index (χ3v) is 4.41. The zero-order valence-corrected chi connectivity index (χ0v) is 14.6. The minimum Gasteiger partial charge on any atom is -0.399 e. The largest absolute Gasteiger partial charge is 0.399 e. The number of hydrogen-bond donors (Lipinski definition) is 2. The molecule has 1 aromatic heterocycles. The van der Waals surface area contributed by atoms with E-state index in [1.807, 2.05) is 42.5 Å². The topological polar surface area (TPSA) is 72.9 Å². The summed E-state index contributed by atoms with van der Waals surface area (Å²) in [4.78, 5) is 12.5. The summed E-state index contributed by atoms with van der Waals surface area (Å²) in [5.74, 6) is -0.612. The van der Waals surface area contributed by atoms with Crippen LogP contribution < -0.4 is 11.1 Å². The fraction of sp³-hybridized carbons (Fsp3) is 0.0476. The van der Waals surface area contributed by atoms with Crippen LogP contribution in [0.5, 0.6) is 0 Å². The average Bonchev–Trinajstić information content (AvgIpc) is 3.06. The first-order valence-electron chi connectivity index (χ1n) is 8.43. The van der Waals surface area contributed by atoms with Gasteiger partial charge in [-0.25, -0.2) is 9.07 Å². The van der Waals surface area contributed by atoms with E-state index in [2.05, 4.69) is 10.4 Å². The molecule has 0 spiro atoms. The molecule has 1 amide bonds. The van der Waals surface area contributed by atoms with Crippen LogP contribution in [-0.4, -0.2) is 22.7 Å². The highest BCUT2D eigenvalue weighted by atomic mass is 19.1. The van der Waals surface area contributed by atoms with Gasteiger partial charge in [-0.1, -0.05) is 18.2 Å². The maximum atomic E-state index is 13.3. The van der Waals surface area contributed by atoms with Gasteiger partial charge < -0.3 is 11.1 Å². The van der Waals surface area contributed by atoms with Crippen LogP contribution in [0.1, 0.15) is 10.5 Å². The molecule has 0 atom stereocenters. The Labute approximate surface area is 155 Å². The highest BCUT2D eigenvalue weighted by molar-refractivity contribution is 6.06. The Morgan fingerprint density at radius 3 is 2.48 bits per heavy atom. The second kappa shape index (κ2) is 6.57. The number of nitrogens with two attached hydrogens (primary N) is 1. The quantitative estimate of drug-likeness (QED) is 0.546. The second-order valence-corrected chi connectivity index (χ2v) is 6.17. The van der Waals surface area contributed by atoms with E-state index in [-0.39, 0.29) is 11.7 Å². The van der Waals surface area contributed by atoms with Crippen molar-refractivity contribution in [1.29, 1.82) is 0 Å². The van der Waals surface area contributed by atoms with Gasteiger partial charge in [0.05, 0.1) is 11.2 Å². The molecule has 1 heterocycles. The third-order valence-electron chi connectivity index (χ3n) is 4.41. The number of halogens is 1. The molecule has 0 radical (unpaired) electrons. The van der Waals surface area contributed by atoms with Crippen molar-refractivity contribution >= 4 is 22.5 Å². The van der Waals surface area contributed by atoms with Gasteiger partial charge in [-0.2, -0.15) is 5.10 Å². The van der Waals surface area contributed by atoms with E-state index >= 15 is 0 Å². The van der Waals surface area contributed by atoms with Crippen molar-refractivity contribution in [3.8, 4) is 16.8 Å². The van der Waals surface area contributed by atoms with Gasteiger partial charge in [0, 0.05) is 18.1 Å². The van der Waals surface area contributed by atoms with Crippen molar-refractivity contribution in [3.63, 3.8) is 0 Å². The molecule has 27 heavy (non-hydrogen) atoms. The lowest BCUT2D eigenvalue weighted by Gasteiger charge is -2.06. The summed E-state index contributed by atoms with van der Waals surface area (Å²) in [5, 5.41) is 7.95. The van der Waals surface area contributed by atoms with Gasteiger partial charge in [0.25, 0.3) is 5.91 Å². The van der Waals surface area contributed by atoms with Gasteiger partial charge in [-0.15, -0.1) is 0 Å². The third kappa shape index (κ3) is 3.01. The van der Waals surface area contributed by atoms with Crippen LogP contribution in [0.3, 0.4) is 0 Å². The zero-order valence-electron chi connectivity index (χ0n) is 14.6. The van der Waals surface area contributed by atoms with Gasteiger partial charge >= 0.3 is 0 Å². The van der Waals surface area contributed by atoms with Gasteiger partial charge in [-0.3, -0.25) is 4.79 Å². The van der Waals surface area contributed by atoms with E-state index in [1.54, 1.807) is 19.2 Å². The molecule has 3 aromatic carbocycles. The summed E-state index contributed by atoms with van der Waals surface area (Å²) in [6.45, 7) is 0. The predicted molar refractivity (Wildman–Crippen MR) is 104 cm³/mol. The van der Waals surface area contributed by atoms with E-state index in [0.29, 0.717) is 28.0 Å². The smallest absolute Gasteiger partial charge is 0.270 e. The van der Waals surface area contributed by atoms with Crippen LogP contribution in [0.25, 0.3) is 27.7 Å². The first-order valence-corrected chi connectivity index (χ1v) is 8.43. The molecule has 0 saturated carbocycles. The monoisotopic (exact) mass is 360 g/mol. The first kappa shape index (κ1) is 16.8. The maximum absolute atomic E-state index is 13.3. The Bertz CT molecular complexity index is 1150. The summed E-state index contributed by atoms with van der Waals surface area (Å²) in [6.07, 6.45) is 0. The van der Waals surface area contributed by atoms with Gasteiger partial charge in [0.2, 0.25) is 0 Å². The Kier molecular flexibility index (Phi) is 4.08. The molecule has 0 bridgehead atoms. The van der Waals surface area contributed by atoms with Crippen molar-refractivity contribution in [2.75, 3.05) is 12.8 Å². The molecule has 3 N–H and O–H groups in total. The van der Waals surface area contributed by atoms with Crippen LogP contribution in [0.4, 0.5) is 10.1 Å². The van der Waals surface area contributed by atoms with Crippen molar-refractivity contribution in [2.24, 2.45) is 0 Å². The highest BCUT2D eigenvalue weighted by Crippen LogP contribution is 2.28. The molecule has 5 nitrogen and oxygen atoms in total. The minimum atomic E-state index is -0.346. The fourth-order valence-corrected chi connectivity index (χ4v) is 3.09. The van der Waals surface area contributed by atoms with Crippen molar-refractivity contribution in [1.82, 2.24) is 15.1 Å². The number of rotatable bonds is 3. The average molecular weight is 360 g/mol. The number of hydrogen-bond acceptors (Lipinski definition) is 3. The molecule has 0 aliphatic heterocycles. The van der Waals surface area contributed by atoms with Crippen molar-refractivity contribution in [3.05, 3.63) is 78.2 Å². The number of amides is 1. The standard InChI is InChI=1S/C21H17FN4O/c1-24-21(27)20-18-10-5-14(13-3-2-4-16(23)11-13)12-19(18)25-26(20)17-8-6-15(22)7-9-17/h2-12H,23H2,1H3,(H,24,27). The molecule has 0 aliphatic carbocycles. The molecule has 0 aliphatic rings. The van der Waals surface area contributed by atoms with Gasteiger partial charge in [-0.05, 0) is 59.7 Å². The van der Waals surface area contributed by atoms with Crippen LogP contribution in [0.15, 0.2) is 66.7 Å². The van der Waals surface area contributed by atoms with E-state index in [4.69, 9.17) is 5.73 Å². The van der Waals surface area contributed by atoms with Crippen LogP contribution in [-0.2, 0) is 0 Å². The van der Waals surface area contributed by atoms with E-state index < -0.39 is 0 Å². The normalized spacial score (nSPS) is 10.9. The van der Waals surface area contributed by atoms with Crippen molar-refractivity contribution < 1.29 is 9.18 Å². The van der Waals surface area contributed by atoms with Crippen LogP contribution >= 0.6 is 0 Å². The molecule has 0 saturated heterocycles. The van der Waals surface area contributed by atoms with E-state index in [9.17, 15) is 9.18 Å². The van der Waals surface area contributed by atoms with Gasteiger partial charge in [0.1, 0.15) is 11.5 Å². The summed E-state index contributed by atoms with van der Waals surface area (Å²) < 4.78 is 14.8. The summed E-state index contributed by atoms with van der Waals surface area (Å²) in [6, 6.07) is 19.1. The SMILES string of the molecule is CNC(=O)c1c2ccc(-c3cccc(N)c3)cc2nn1-c1ccc(F)cc1. The minimum absolute atomic E-state index is 0.265. The van der Waals surface area contributed by atoms with Crippen molar-refractivity contribution in [2.45, 2.75) is 0 Å². The second-order valence-electron chi connectivity index (χ2n) is 6.17. The number of nitrogens with one attached hydrogen (secondary N) is 1. The molecule has 0 fully saturated rings. The molecule has 6 heteroatoms. The number of nitrogen functional groups attached to an aromatic ring is 1. The number of anilines is 1. The summed E-state index contributed by atoms with van der Waals surface area (Å²) >= 11 is 0. The molecule has 4 rings (SSSR count). The van der Waals surface area contributed by atoms with Gasteiger partial charge in [0.15, 0.2) is 0 Å². The lowest BCUT2D eigenvalue weighted by atomic mass is 10.0. The molecular weight excluding hydrogens is 343 g/mol. The zero-order chi connectivity index (χ0) is 19.0. The number of aromatic nitrogens is 2. The molecule has 4 aromatic rings. The first-order chi connectivity index (χ1) is 13.1. The number of fused-ring (bicyclic) bond motifs is 1. The summed E-state index contributed by atoms with van der Waals surface area (Å²) in [7, 11) is 1.57. The lowest BCUT2D eigenvalue weighted by molar-refractivity contribution is 0.0957. The molecule has 0 unspecified atom stereocenters. The highest BCUT2D eigenvalue weighted by Gasteiger charge is 2.19. The molecular formula is C21H17FN4O. The molecule has 134 valence electrons. The lowest BCUT2D eigenvalue weighted by Crippen LogP contribution is -2.21. The fourth-order valence-electron chi connectivity index (χ4n) is 3.09. The number of carbonyl (C=O) groups is 1. The Morgan fingerprint density at radius 2 is 1.78 bits per heavy atom. The Morgan fingerprint density at radius 1 is 1.04 bits per heavy atom. The number of carbonyl (C=O) groups excluding carboxylic acids is 1.